The molecule has 1 amide bonds. The molecule has 3 aromatic rings. The number of rotatable bonds is 4. The molecule has 0 N–H and O–H groups in total. The number of amides is 1. The first-order valence-electron chi connectivity index (χ1n) is 8.47. The maximum Gasteiger partial charge on any atom is 0.227 e. The number of aryl methyl sites for hydroxylation is 3. The van der Waals surface area contributed by atoms with E-state index in [1.165, 1.54) is 5.56 Å². The van der Waals surface area contributed by atoms with Crippen LogP contribution < -0.4 is 4.90 Å². The van der Waals surface area contributed by atoms with Gasteiger partial charge in [0.05, 0.1) is 4.88 Å². The van der Waals surface area contributed by atoms with E-state index < -0.39 is 0 Å². The number of thiophene rings is 1. The van der Waals surface area contributed by atoms with Crippen molar-refractivity contribution in [1.82, 2.24) is 10.1 Å². The molecule has 4 rings (SSSR count). The summed E-state index contributed by atoms with van der Waals surface area (Å²) >= 11 is 1.57. The van der Waals surface area contributed by atoms with E-state index in [-0.39, 0.29) is 5.91 Å². The average molecular weight is 353 g/mol. The first-order chi connectivity index (χ1) is 12.2. The molecular weight excluding hydrogens is 334 g/mol. The van der Waals surface area contributed by atoms with Gasteiger partial charge < -0.3 is 9.42 Å². The van der Waals surface area contributed by atoms with Crippen molar-refractivity contribution in [2.45, 2.75) is 32.6 Å². The predicted molar refractivity (Wildman–Crippen MR) is 97.8 cm³/mol. The van der Waals surface area contributed by atoms with Gasteiger partial charge in [-0.05, 0) is 42.3 Å². The molecule has 1 aliphatic heterocycles. The van der Waals surface area contributed by atoms with Crippen molar-refractivity contribution < 1.29 is 9.32 Å². The van der Waals surface area contributed by atoms with Crippen LogP contribution in [0.5, 0.6) is 0 Å². The van der Waals surface area contributed by atoms with Crippen LogP contribution in [0.2, 0.25) is 0 Å². The van der Waals surface area contributed by atoms with Gasteiger partial charge in [-0.2, -0.15) is 4.98 Å². The van der Waals surface area contributed by atoms with Crippen LogP contribution in [-0.2, 0) is 17.6 Å². The summed E-state index contributed by atoms with van der Waals surface area (Å²) in [5.41, 5.74) is 3.50. The van der Waals surface area contributed by atoms with Crippen molar-refractivity contribution in [3.63, 3.8) is 0 Å². The molecule has 0 atom stereocenters. The average Bonchev–Trinajstić information content (AvgIpc) is 3.31. The van der Waals surface area contributed by atoms with Crippen molar-refractivity contribution in [3.05, 3.63) is 52.7 Å². The second kappa shape index (κ2) is 6.80. The Morgan fingerprint density at radius 3 is 3.08 bits per heavy atom. The minimum absolute atomic E-state index is 0.117. The van der Waals surface area contributed by atoms with E-state index in [1.807, 2.05) is 22.4 Å². The van der Waals surface area contributed by atoms with Crippen LogP contribution in [0.4, 0.5) is 5.69 Å². The molecule has 0 radical (unpaired) electrons. The monoisotopic (exact) mass is 353 g/mol. The molecule has 0 aliphatic carbocycles. The molecule has 0 saturated heterocycles. The number of hydrogen-bond donors (Lipinski definition) is 0. The van der Waals surface area contributed by atoms with Crippen LogP contribution in [-0.4, -0.2) is 22.6 Å². The Balaban J connectivity index is 1.45. The zero-order valence-electron chi connectivity index (χ0n) is 14.1. The standard InChI is InChI=1S/C19H19N3O2S/c1-13-5-2-6-14-7-3-11-22(18(13)14)17(23)10-9-16-20-19(21-24-16)15-8-4-12-25-15/h2,4-6,8,12H,3,7,9-11H2,1H3. The Labute approximate surface area is 150 Å². The lowest BCUT2D eigenvalue weighted by molar-refractivity contribution is -0.118. The molecule has 2 aromatic heterocycles. The molecule has 128 valence electrons. The largest absolute Gasteiger partial charge is 0.339 e. The zero-order chi connectivity index (χ0) is 17.2. The summed E-state index contributed by atoms with van der Waals surface area (Å²) in [6, 6.07) is 10.2. The van der Waals surface area contributed by atoms with E-state index in [0.29, 0.717) is 24.6 Å². The molecule has 25 heavy (non-hydrogen) atoms. The van der Waals surface area contributed by atoms with Crippen LogP contribution in [0.3, 0.4) is 0 Å². The number of anilines is 1. The molecule has 0 spiro atoms. The van der Waals surface area contributed by atoms with Crippen LogP contribution in [0.1, 0.15) is 29.9 Å². The second-order valence-electron chi connectivity index (χ2n) is 6.22. The SMILES string of the molecule is Cc1cccc2c1N(C(=O)CCc1nc(-c3cccs3)no1)CCC2. The number of benzene rings is 1. The van der Waals surface area contributed by atoms with Crippen molar-refractivity contribution in [2.24, 2.45) is 0 Å². The van der Waals surface area contributed by atoms with Crippen LogP contribution >= 0.6 is 11.3 Å². The fourth-order valence-corrected chi connectivity index (χ4v) is 3.96. The molecule has 0 saturated carbocycles. The highest BCUT2D eigenvalue weighted by atomic mass is 32.1. The van der Waals surface area contributed by atoms with Crippen molar-refractivity contribution >= 4 is 22.9 Å². The fraction of sp³-hybridized carbons (Fsp3) is 0.316. The van der Waals surface area contributed by atoms with E-state index in [0.717, 1.165) is 35.5 Å². The van der Waals surface area contributed by atoms with Gasteiger partial charge in [-0.3, -0.25) is 4.79 Å². The molecule has 6 heteroatoms. The number of nitrogens with zero attached hydrogens (tertiary/aromatic N) is 3. The number of aromatic nitrogens is 2. The summed E-state index contributed by atoms with van der Waals surface area (Å²) in [6.45, 7) is 2.84. The summed E-state index contributed by atoms with van der Waals surface area (Å²) in [7, 11) is 0. The summed E-state index contributed by atoms with van der Waals surface area (Å²) in [5.74, 6) is 1.22. The van der Waals surface area contributed by atoms with Gasteiger partial charge in [0.2, 0.25) is 17.6 Å². The lowest BCUT2D eigenvalue weighted by atomic mass is 9.98. The minimum Gasteiger partial charge on any atom is -0.339 e. The highest BCUT2D eigenvalue weighted by molar-refractivity contribution is 7.13. The molecule has 3 heterocycles. The summed E-state index contributed by atoms with van der Waals surface area (Å²) in [5, 5.41) is 5.98. The highest BCUT2D eigenvalue weighted by Gasteiger charge is 2.24. The third-order valence-electron chi connectivity index (χ3n) is 4.48. The Kier molecular flexibility index (Phi) is 4.36. The topological polar surface area (TPSA) is 59.2 Å². The van der Waals surface area contributed by atoms with Crippen LogP contribution in [0.15, 0.2) is 40.2 Å². The Bertz CT molecular complexity index is 886. The molecule has 0 fully saturated rings. The summed E-state index contributed by atoms with van der Waals surface area (Å²) < 4.78 is 5.29. The van der Waals surface area contributed by atoms with E-state index >= 15 is 0 Å². The normalized spacial score (nSPS) is 13.7. The van der Waals surface area contributed by atoms with E-state index in [9.17, 15) is 4.79 Å². The first-order valence-corrected chi connectivity index (χ1v) is 9.35. The predicted octanol–water partition coefficient (Wildman–Crippen LogP) is 4.02. The van der Waals surface area contributed by atoms with Gasteiger partial charge in [-0.25, -0.2) is 0 Å². The quantitative estimate of drug-likeness (QED) is 0.711. The van der Waals surface area contributed by atoms with Gasteiger partial charge in [0.25, 0.3) is 0 Å². The van der Waals surface area contributed by atoms with Gasteiger partial charge in [-0.15, -0.1) is 11.3 Å². The van der Waals surface area contributed by atoms with Crippen molar-refractivity contribution in [3.8, 4) is 10.7 Å². The molecule has 1 aliphatic rings. The number of para-hydroxylation sites is 1. The molecule has 1 aromatic carbocycles. The first kappa shape index (κ1) is 16.0. The number of fused-ring (bicyclic) bond motifs is 1. The number of carbonyl (C=O) groups excluding carboxylic acids is 1. The molecule has 0 unspecified atom stereocenters. The van der Waals surface area contributed by atoms with Gasteiger partial charge in [0.1, 0.15) is 0 Å². The Hall–Kier alpha value is -2.47. The van der Waals surface area contributed by atoms with Gasteiger partial charge in [0.15, 0.2) is 0 Å². The van der Waals surface area contributed by atoms with Crippen molar-refractivity contribution in [1.29, 1.82) is 0 Å². The fourth-order valence-electron chi connectivity index (χ4n) is 3.31. The lowest BCUT2D eigenvalue weighted by Crippen LogP contribution is -2.36. The summed E-state index contributed by atoms with van der Waals surface area (Å²) in [4.78, 5) is 20.0. The van der Waals surface area contributed by atoms with Gasteiger partial charge >= 0.3 is 0 Å². The van der Waals surface area contributed by atoms with Crippen molar-refractivity contribution in [2.75, 3.05) is 11.4 Å². The number of hydrogen-bond acceptors (Lipinski definition) is 5. The lowest BCUT2D eigenvalue weighted by Gasteiger charge is -2.31. The molecular formula is C19H19N3O2S. The zero-order valence-corrected chi connectivity index (χ0v) is 14.9. The minimum atomic E-state index is 0.117. The van der Waals surface area contributed by atoms with E-state index in [2.05, 4.69) is 35.3 Å². The Morgan fingerprint density at radius 1 is 1.32 bits per heavy atom. The molecule has 5 nitrogen and oxygen atoms in total. The second-order valence-corrected chi connectivity index (χ2v) is 7.17. The van der Waals surface area contributed by atoms with Gasteiger partial charge in [0, 0.05) is 25.1 Å². The molecule has 0 bridgehead atoms. The number of carbonyl (C=O) groups is 1. The smallest absolute Gasteiger partial charge is 0.227 e. The highest BCUT2D eigenvalue weighted by Crippen LogP contribution is 2.31. The van der Waals surface area contributed by atoms with E-state index in [4.69, 9.17) is 4.52 Å². The summed E-state index contributed by atoms with van der Waals surface area (Å²) in [6.07, 6.45) is 2.88. The third kappa shape index (κ3) is 3.22. The van der Waals surface area contributed by atoms with Crippen LogP contribution in [0, 0.1) is 6.92 Å². The van der Waals surface area contributed by atoms with Gasteiger partial charge in [-0.1, -0.05) is 29.4 Å². The Morgan fingerprint density at radius 2 is 2.24 bits per heavy atom. The maximum absolute atomic E-state index is 12.8. The van der Waals surface area contributed by atoms with Crippen LogP contribution in [0.25, 0.3) is 10.7 Å². The maximum atomic E-state index is 12.8. The third-order valence-corrected chi connectivity index (χ3v) is 5.35. The van der Waals surface area contributed by atoms with E-state index in [1.54, 1.807) is 11.3 Å².